The summed E-state index contributed by atoms with van der Waals surface area (Å²) in [5.41, 5.74) is -4.48. The number of nitrogens with zero attached hydrogens (tertiary/aromatic N) is 5. The van der Waals surface area contributed by atoms with Crippen LogP contribution in [0.4, 0.5) is 26.3 Å². The second kappa shape index (κ2) is 8.72. The van der Waals surface area contributed by atoms with Gasteiger partial charge in [0.1, 0.15) is 5.82 Å². The van der Waals surface area contributed by atoms with E-state index < -0.39 is 47.0 Å². The maximum atomic E-state index is 13.1. The minimum Gasteiger partial charge on any atom is -0.476 e. The van der Waals surface area contributed by atoms with Crippen molar-refractivity contribution in [1.29, 1.82) is 0 Å². The van der Waals surface area contributed by atoms with Gasteiger partial charge in [0.25, 0.3) is 5.91 Å². The first-order valence-corrected chi connectivity index (χ1v) is 9.26. The number of aryl methyl sites for hydroxylation is 1. The third-order valence-electron chi connectivity index (χ3n) is 4.40. The zero-order valence-corrected chi connectivity index (χ0v) is 17.2. The Balaban J connectivity index is 1.93. The van der Waals surface area contributed by atoms with Crippen molar-refractivity contribution >= 4 is 11.9 Å². The lowest BCUT2D eigenvalue weighted by atomic mass is 10.0. The minimum absolute atomic E-state index is 0.0140. The third kappa shape index (κ3) is 5.29. The number of alkyl halides is 6. The Morgan fingerprint density at radius 3 is 2.06 bits per heavy atom. The Morgan fingerprint density at radius 2 is 1.59 bits per heavy atom. The first kappa shape index (κ1) is 24.6. The average Bonchev–Trinajstić information content (AvgIpc) is 3.14. The van der Waals surface area contributed by atoms with Crippen molar-refractivity contribution in [3.8, 4) is 5.82 Å². The van der Waals surface area contributed by atoms with Crippen LogP contribution in [0.1, 0.15) is 56.6 Å². The van der Waals surface area contributed by atoms with Gasteiger partial charge in [0.2, 0.25) is 0 Å². The second-order valence-corrected chi connectivity index (χ2v) is 6.98. The van der Waals surface area contributed by atoms with Gasteiger partial charge in [-0.3, -0.25) is 4.79 Å². The van der Waals surface area contributed by atoms with E-state index in [1.165, 1.54) is 13.8 Å². The Bertz CT molecular complexity index is 1200. The van der Waals surface area contributed by atoms with E-state index in [0.717, 1.165) is 17.1 Å². The number of benzene rings is 1. The van der Waals surface area contributed by atoms with Crippen LogP contribution in [0.2, 0.25) is 0 Å². The Kier molecular flexibility index (Phi) is 6.31. The highest BCUT2D eigenvalue weighted by molar-refractivity contribution is 5.95. The summed E-state index contributed by atoms with van der Waals surface area (Å²) in [5.74, 6) is -2.32. The predicted molar refractivity (Wildman–Crippen MR) is 101 cm³/mol. The molecule has 2 heterocycles. The number of amides is 1. The summed E-state index contributed by atoms with van der Waals surface area (Å²) >= 11 is 0. The fraction of sp³-hybridized carbons (Fsp3) is 0.263. The molecular weight excluding hydrogens is 474 g/mol. The molecule has 15 heteroatoms. The zero-order chi connectivity index (χ0) is 25.4. The number of halogens is 6. The van der Waals surface area contributed by atoms with E-state index in [4.69, 9.17) is 5.11 Å². The van der Waals surface area contributed by atoms with Crippen molar-refractivity contribution < 1.29 is 41.0 Å². The number of hydrogen-bond acceptors (Lipinski definition) is 6. The van der Waals surface area contributed by atoms with Gasteiger partial charge in [0.05, 0.1) is 29.6 Å². The van der Waals surface area contributed by atoms with Crippen LogP contribution in [0.5, 0.6) is 0 Å². The number of aromatic carboxylic acids is 1. The van der Waals surface area contributed by atoms with Crippen molar-refractivity contribution in [3.05, 3.63) is 64.6 Å². The Hall–Kier alpha value is -4.04. The molecule has 2 N–H and O–H groups in total. The highest BCUT2D eigenvalue weighted by Gasteiger charge is 2.37. The molecule has 0 radical (unpaired) electrons. The van der Waals surface area contributed by atoms with E-state index >= 15 is 0 Å². The van der Waals surface area contributed by atoms with E-state index in [1.54, 1.807) is 0 Å². The molecular formula is C19H14F6N6O3. The van der Waals surface area contributed by atoms with E-state index in [1.807, 2.05) is 0 Å². The minimum atomic E-state index is -5.11. The van der Waals surface area contributed by atoms with Gasteiger partial charge in [0.15, 0.2) is 17.3 Å². The summed E-state index contributed by atoms with van der Waals surface area (Å²) in [6, 6.07) is -0.523. The number of carbonyl (C=O) groups is 2. The Morgan fingerprint density at radius 1 is 1.00 bits per heavy atom. The van der Waals surface area contributed by atoms with Crippen LogP contribution in [0.25, 0.3) is 5.82 Å². The van der Waals surface area contributed by atoms with Crippen LogP contribution < -0.4 is 5.32 Å². The SMILES string of the molecule is Cc1nc(C(C)NC(=O)c2cc(C(F)(F)F)cc(C(F)(F)F)c2)n(-c2cnc(C(=O)O)cn2)n1. The number of carbonyl (C=O) groups excluding carboxylic acids is 1. The van der Waals surface area contributed by atoms with Crippen LogP contribution in [-0.2, 0) is 12.4 Å². The number of carboxylic acids is 1. The summed E-state index contributed by atoms with van der Waals surface area (Å²) in [4.78, 5) is 35.2. The maximum absolute atomic E-state index is 13.1. The van der Waals surface area contributed by atoms with Gasteiger partial charge in [-0.05, 0) is 32.0 Å². The second-order valence-electron chi connectivity index (χ2n) is 6.98. The highest BCUT2D eigenvalue weighted by Crippen LogP contribution is 2.36. The van der Waals surface area contributed by atoms with E-state index in [2.05, 4.69) is 25.4 Å². The molecule has 0 bridgehead atoms. The lowest BCUT2D eigenvalue weighted by Crippen LogP contribution is -2.29. The van der Waals surface area contributed by atoms with E-state index in [0.29, 0.717) is 12.1 Å². The average molecular weight is 488 g/mol. The smallest absolute Gasteiger partial charge is 0.416 e. The molecule has 1 aromatic carbocycles. The van der Waals surface area contributed by atoms with Gasteiger partial charge < -0.3 is 10.4 Å². The van der Waals surface area contributed by atoms with Gasteiger partial charge in [-0.1, -0.05) is 0 Å². The van der Waals surface area contributed by atoms with Crippen molar-refractivity contribution in [2.45, 2.75) is 32.2 Å². The summed E-state index contributed by atoms with van der Waals surface area (Å²) < 4.78 is 79.6. The topological polar surface area (TPSA) is 123 Å². The fourth-order valence-corrected chi connectivity index (χ4v) is 2.85. The zero-order valence-electron chi connectivity index (χ0n) is 17.2. The molecule has 34 heavy (non-hydrogen) atoms. The molecule has 0 fully saturated rings. The first-order valence-electron chi connectivity index (χ1n) is 9.26. The van der Waals surface area contributed by atoms with Crippen LogP contribution in [0.15, 0.2) is 30.6 Å². The standard InChI is InChI=1S/C19H14F6N6O3/c1-8(15-29-9(2)30-31(15)14-7-26-13(6-27-14)17(33)34)28-16(32)10-3-11(18(20,21)22)5-12(4-10)19(23,24)25/h3-8H,1-2H3,(H,28,32)(H,33,34). The molecule has 0 spiro atoms. The van der Waals surface area contributed by atoms with Gasteiger partial charge in [-0.15, -0.1) is 5.10 Å². The number of carboxylic acid groups (broad SMARTS) is 1. The van der Waals surface area contributed by atoms with Gasteiger partial charge in [0, 0.05) is 5.56 Å². The molecule has 0 aliphatic rings. The maximum Gasteiger partial charge on any atom is 0.416 e. The van der Waals surface area contributed by atoms with Crippen molar-refractivity contribution in [2.24, 2.45) is 0 Å². The molecule has 1 amide bonds. The number of aromatic nitrogens is 5. The van der Waals surface area contributed by atoms with E-state index in [-0.39, 0.29) is 29.2 Å². The monoisotopic (exact) mass is 488 g/mol. The predicted octanol–water partition coefficient (Wildman–Crippen LogP) is 3.59. The fourth-order valence-electron chi connectivity index (χ4n) is 2.85. The molecule has 3 rings (SSSR count). The number of nitrogens with one attached hydrogen (secondary N) is 1. The summed E-state index contributed by atoms with van der Waals surface area (Å²) in [6.07, 6.45) is -8.21. The quantitative estimate of drug-likeness (QED) is 0.526. The highest BCUT2D eigenvalue weighted by atomic mass is 19.4. The Labute approximate surface area is 186 Å². The molecule has 9 nitrogen and oxygen atoms in total. The summed E-state index contributed by atoms with van der Waals surface area (Å²) in [6.45, 7) is 2.85. The molecule has 1 unspecified atom stereocenters. The molecule has 180 valence electrons. The molecule has 0 aliphatic heterocycles. The molecule has 0 saturated carbocycles. The molecule has 2 aromatic heterocycles. The third-order valence-corrected chi connectivity index (χ3v) is 4.40. The molecule has 3 aromatic rings. The first-order chi connectivity index (χ1) is 15.7. The van der Waals surface area contributed by atoms with Gasteiger partial charge in [-0.2, -0.15) is 31.0 Å². The summed E-state index contributed by atoms with van der Waals surface area (Å²) in [5, 5.41) is 15.3. The van der Waals surface area contributed by atoms with Crippen molar-refractivity contribution in [1.82, 2.24) is 30.0 Å². The van der Waals surface area contributed by atoms with Crippen LogP contribution >= 0.6 is 0 Å². The van der Waals surface area contributed by atoms with Crippen LogP contribution in [-0.4, -0.2) is 41.7 Å². The largest absolute Gasteiger partial charge is 0.476 e. The lowest BCUT2D eigenvalue weighted by Gasteiger charge is -2.17. The van der Waals surface area contributed by atoms with Crippen molar-refractivity contribution in [2.75, 3.05) is 0 Å². The molecule has 0 saturated heterocycles. The molecule has 1 atom stereocenters. The number of hydrogen-bond donors (Lipinski definition) is 2. The van der Waals surface area contributed by atoms with Crippen LogP contribution in [0, 0.1) is 6.92 Å². The van der Waals surface area contributed by atoms with E-state index in [9.17, 15) is 35.9 Å². The van der Waals surface area contributed by atoms with Gasteiger partial charge in [-0.25, -0.2) is 19.7 Å². The molecule has 0 aliphatic carbocycles. The normalized spacial score (nSPS) is 12.9. The lowest BCUT2D eigenvalue weighted by molar-refractivity contribution is -0.143. The number of rotatable bonds is 5. The summed E-state index contributed by atoms with van der Waals surface area (Å²) in [7, 11) is 0. The van der Waals surface area contributed by atoms with Gasteiger partial charge >= 0.3 is 18.3 Å². The van der Waals surface area contributed by atoms with Crippen LogP contribution in [0.3, 0.4) is 0 Å². The van der Waals surface area contributed by atoms with Crippen molar-refractivity contribution in [3.63, 3.8) is 0 Å².